The molecule has 1 rings (SSSR count). The molecule has 1 fully saturated rings. The molecule has 0 unspecified atom stereocenters. The molecule has 0 spiro atoms. The number of nitrogens with one attached hydrogen (secondary N) is 1. The third-order valence-electron chi connectivity index (χ3n) is 2.30. The number of carbonyl (C=O) groups is 1. The molecule has 1 aliphatic rings. The lowest BCUT2D eigenvalue weighted by molar-refractivity contribution is -0.124. The van der Waals surface area contributed by atoms with Crippen molar-refractivity contribution in [2.45, 2.75) is 27.2 Å². The van der Waals surface area contributed by atoms with Gasteiger partial charge in [-0.3, -0.25) is 9.69 Å². The maximum Gasteiger partial charge on any atom is 0.234 e. The van der Waals surface area contributed by atoms with Crippen LogP contribution in [0.1, 0.15) is 27.2 Å². The van der Waals surface area contributed by atoms with Crippen LogP contribution in [0, 0.1) is 5.41 Å². The summed E-state index contributed by atoms with van der Waals surface area (Å²) in [5.74, 6) is 0.167. The lowest BCUT2D eigenvalue weighted by Gasteiger charge is -2.29. The highest BCUT2D eigenvalue weighted by Crippen LogP contribution is 2.18. The van der Waals surface area contributed by atoms with Gasteiger partial charge in [0.25, 0.3) is 0 Å². The molecular weight excluding hydrogens is 164 g/mol. The summed E-state index contributed by atoms with van der Waals surface area (Å²) < 4.78 is 0. The minimum atomic E-state index is 0.167. The minimum Gasteiger partial charge on any atom is -0.354 e. The van der Waals surface area contributed by atoms with E-state index in [1.807, 2.05) is 0 Å². The van der Waals surface area contributed by atoms with Gasteiger partial charge >= 0.3 is 0 Å². The Morgan fingerprint density at radius 2 is 2.15 bits per heavy atom. The third-order valence-corrected chi connectivity index (χ3v) is 2.30. The van der Waals surface area contributed by atoms with E-state index in [2.05, 4.69) is 31.0 Å². The van der Waals surface area contributed by atoms with Crippen molar-refractivity contribution in [1.82, 2.24) is 10.2 Å². The van der Waals surface area contributed by atoms with Crippen LogP contribution < -0.4 is 5.32 Å². The molecule has 0 saturated carbocycles. The first-order valence-electron chi connectivity index (χ1n) is 4.96. The molecular formula is C10H20N2O. The lowest BCUT2D eigenvalue weighted by atomic mass is 9.92. The number of rotatable bonds is 2. The van der Waals surface area contributed by atoms with Gasteiger partial charge in [0.05, 0.1) is 6.54 Å². The molecule has 0 aromatic carbocycles. The van der Waals surface area contributed by atoms with Crippen LogP contribution in [0.2, 0.25) is 0 Å². The Bertz CT molecular complexity index is 184. The van der Waals surface area contributed by atoms with Gasteiger partial charge < -0.3 is 5.32 Å². The van der Waals surface area contributed by atoms with Crippen molar-refractivity contribution in [3.63, 3.8) is 0 Å². The standard InChI is InChI=1S/C10H20N2O/c1-10(2,3)4-6-12-7-5-11-9(13)8-12/h4-8H2,1-3H3,(H,11,13). The Labute approximate surface area is 80.5 Å². The van der Waals surface area contributed by atoms with Crippen molar-refractivity contribution in [1.29, 1.82) is 0 Å². The van der Waals surface area contributed by atoms with Gasteiger partial charge in [-0.1, -0.05) is 20.8 Å². The van der Waals surface area contributed by atoms with Gasteiger partial charge in [0.1, 0.15) is 0 Å². The smallest absolute Gasteiger partial charge is 0.234 e. The Morgan fingerprint density at radius 1 is 1.46 bits per heavy atom. The van der Waals surface area contributed by atoms with Crippen molar-refractivity contribution in [2.75, 3.05) is 26.2 Å². The summed E-state index contributed by atoms with van der Waals surface area (Å²) >= 11 is 0. The molecule has 1 N–H and O–H groups in total. The van der Waals surface area contributed by atoms with Crippen molar-refractivity contribution in [2.24, 2.45) is 5.41 Å². The molecule has 0 bridgehead atoms. The first-order chi connectivity index (χ1) is 5.97. The first kappa shape index (κ1) is 10.5. The van der Waals surface area contributed by atoms with Crippen molar-refractivity contribution >= 4 is 5.91 Å². The Hall–Kier alpha value is -0.570. The number of hydrogen-bond acceptors (Lipinski definition) is 2. The molecule has 1 amide bonds. The molecule has 1 aliphatic heterocycles. The van der Waals surface area contributed by atoms with Crippen LogP contribution in [0.5, 0.6) is 0 Å². The summed E-state index contributed by atoms with van der Waals surface area (Å²) in [4.78, 5) is 13.3. The lowest BCUT2D eigenvalue weighted by Crippen LogP contribution is -2.48. The molecule has 76 valence electrons. The normalized spacial score (nSPS) is 20.1. The highest BCUT2D eigenvalue weighted by molar-refractivity contribution is 5.78. The molecule has 0 aromatic heterocycles. The second kappa shape index (κ2) is 4.09. The zero-order chi connectivity index (χ0) is 9.90. The van der Waals surface area contributed by atoms with Crippen LogP contribution in [0.4, 0.5) is 0 Å². The number of amides is 1. The van der Waals surface area contributed by atoms with E-state index < -0.39 is 0 Å². The minimum absolute atomic E-state index is 0.167. The molecule has 0 radical (unpaired) electrons. The molecule has 0 aliphatic carbocycles. The van der Waals surface area contributed by atoms with Crippen molar-refractivity contribution < 1.29 is 4.79 Å². The number of carbonyl (C=O) groups excluding carboxylic acids is 1. The van der Waals surface area contributed by atoms with E-state index in [0.717, 1.165) is 26.1 Å². The van der Waals surface area contributed by atoms with Gasteiger partial charge in [-0.05, 0) is 18.4 Å². The monoisotopic (exact) mass is 184 g/mol. The Kier molecular flexibility index (Phi) is 3.31. The summed E-state index contributed by atoms with van der Waals surface area (Å²) in [6.45, 7) is 10.1. The van der Waals surface area contributed by atoms with Gasteiger partial charge in [-0.25, -0.2) is 0 Å². The maximum absolute atomic E-state index is 11.0. The van der Waals surface area contributed by atoms with E-state index in [1.54, 1.807) is 0 Å². The zero-order valence-corrected chi connectivity index (χ0v) is 8.89. The quantitative estimate of drug-likeness (QED) is 0.690. The second-order valence-corrected chi connectivity index (χ2v) is 4.94. The highest BCUT2D eigenvalue weighted by Gasteiger charge is 2.18. The number of piperazine rings is 1. The molecule has 1 saturated heterocycles. The van der Waals surface area contributed by atoms with Crippen molar-refractivity contribution in [3.05, 3.63) is 0 Å². The van der Waals surface area contributed by atoms with E-state index in [-0.39, 0.29) is 5.91 Å². The molecule has 0 atom stereocenters. The predicted molar refractivity (Wildman–Crippen MR) is 53.5 cm³/mol. The molecule has 13 heavy (non-hydrogen) atoms. The van der Waals surface area contributed by atoms with E-state index >= 15 is 0 Å². The summed E-state index contributed by atoms with van der Waals surface area (Å²) in [5, 5.41) is 2.83. The maximum atomic E-state index is 11.0. The fourth-order valence-electron chi connectivity index (χ4n) is 1.38. The summed E-state index contributed by atoms with van der Waals surface area (Å²) in [5.41, 5.74) is 0.369. The van der Waals surface area contributed by atoms with E-state index in [0.29, 0.717) is 12.0 Å². The van der Waals surface area contributed by atoms with Gasteiger partial charge in [0, 0.05) is 13.1 Å². The SMILES string of the molecule is CC(C)(C)CCN1CCNC(=O)C1. The van der Waals surface area contributed by atoms with Crippen LogP contribution >= 0.6 is 0 Å². The Morgan fingerprint density at radius 3 is 2.69 bits per heavy atom. The zero-order valence-electron chi connectivity index (χ0n) is 8.89. The fourth-order valence-corrected chi connectivity index (χ4v) is 1.38. The average Bonchev–Trinajstić information content (AvgIpc) is 2.00. The predicted octanol–water partition coefficient (Wildman–Crippen LogP) is 0.854. The topological polar surface area (TPSA) is 32.3 Å². The Balaban J connectivity index is 2.25. The molecule has 3 heteroatoms. The van der Waals surface area contributed by atoms with Gasteiger partial charge in [-0.2, -0.15) is 0 Å². The second-order valence-electron chi connectivity index (χ2n) is 4.94. The third kappa shape index (κ3) is 4.27. The van der Waals surface area contributed by atoms with Crippen LogP contribution in [0.15, 0.2) is 0 Å². The highest BCUT2D eigenvalue weighted by atomic mass is 16.2. The van der Waals surface area contributed by atoms with Gasteiger partial charge in [0.15, 0.2) is 0 Å². The number of hydrogen-bond donors (Lipinski definition) is 1. The summed E-state index contributed by atoms with van der Waals surface area (Å²) in [7, 11) is 0. The van der Waals surface area contributed by atoms with Crippen LogP contribution in [-0.2, 0) is 4.79 Å². The van der Waals surface area contributed by atoms with Crippen LogP contribution in [0.25, 0.3) is 0 Å². The van der Waals surface area contributed by atoms with E-state index in [4.69, 9.17) is 0 Å². The van der Waals surface area contributed by atoms with Crippen LogP contribution in [-0.4, -0.2) is 37.0 Å². The molecule has 3 nitrogen and oxygen atoms in total. The number of nitrogens with zero attached hydrogens (tertiary/aromatic N) is 1. The molecule has 0 aromatic rings. The summed E-state index contributed by atoms with van der Waals surface area (Å²) in [6.07, 6.45) is 1.15. The average molecular weight is 184 g/mol. The summed E-state index contributed by atoms with van der Waals surface area (Å²) in [6, 6.07) is 0. The van der Waals surface area contributed by atoms with Crippen LogP contribution in [0.3, 0.4) is 0 Å². The van der Waals surface area contributed by atoms with E-state index in [1.165, 1.54) is 0 Å². The van der Waals surface area contributed by atoms with Crippen molar-refractivity contribution in [3.8, 4) is 0 Å². The van der Waals surface area contributed by atoms with E-state index in [9.17, 15) is 4.79 Å². The fraction of sp³-hybridized carbons (Fsp3) is 0.900. The largest absolute Gasteiger partial charge is 0.354 e. The molecule has 1 heterocycles. The van der Waals surface area contributed by atoms with Gasteiger partial charge in [-0.15, -0.1) is 0 Å². The first-order valence-corrected chi connectivity index (χ1v) is 4.96. The van der Waals surface area contributed by atoms with Gasteiger partial charge in [0.2, 0.25) is 5.91 Å².